The third kappa shape index (κ3) is 3.21. The monoisotopic (exact) mass is 376 g/mol. The maximum atomic E-state index is 12.3. The minimum Gasteiger partial charge on any atom is -0.321 e. The van der Waals surface area contributed by atoms with Crippen molar-refractivity contribution in [2.24, 2.45) is 5.84 Å². The summed E-state index contributed by atoms with van der Waals surface area (Å²) in [5.41, 5.74) is 2.85. The van der Waals surface area contributed by atoms with Gasteiger partial charge in [-0.3, -0.25) is 10.6 Å². The molecule has 106 valence electrons. The number of halogens is 2. The highest BCUT2D eigenvalue weighted by Crippen LogP contribution is 2.28. The SMILES string of the molecule is NNc1cccnc1S(=O)(=O)Nc1ccc(Cl)cc1Br. The van der Waals surface area contributed by atoms with Gasteiger partial charge in [-0.05, 0) is 46.3 Å². The highest BCUT2D eigenvalue weighted by Gasteiger charge is 2.20. The Morgan fingerprint density at radius 3 is 2.65 bits per heavy atom. The molecule has 0 fully saturated rings. The van der Waals surface area contributed by atoms with Crippen LogP contribution in [0.4, 0.5) is 11.4 Å². The first-order chi connectivity index (χ1) is 9.44. The molecule has 0 aliphatic heterocycles. The summed E-state index contributed by atoms with van der Waals surface area (Å²) in [6, 6.07) is 7.79. The molecule has 9 heteroatoms. The highest BCUT2D eigenvalue weighted by molar-refractivity contribution is 9.10. The number of pyridine rings is 1. The maximum Gasteiger partial charge on any atom is 0.281 e. The fourth-order valence-electron chi connectivity index (χ4n) is 1.48. The lowest BCUT2D eigenvalue weighted by atomic mass is 10.3. The van der Waals surface area contributed by atoms with Crippen molar-refractivity contribution in [1.82, 2.24) is 4.98 Å². The molecule has 2 aromatic rings. The van der Waals surface area contributed by atoms with E-state index in [1.54, 1.807) is 24.3 Å². The van der Waals surface area contributed by atoms with Crippen molar-refractivity contribution in [3.05, 3.63) is 46.0 Å². The molecule has 1 heterocycles. The Hall–Kier alpha value is -1.35. The third-order valence-corrected chi connectivity index (χ3v) is 4.57. The molecular weight excluding hydrogens is 368 g/mol. The van der Waals surface area contributed by atoms with E-state index in [9.17, 15) is 8.42 Å². The van der Waals surface area contributed by atoms with Crippen molar-refractivity contribution < 1.29 is 8.42 Å². The van der Waals surface area contributed by atoms with Crippen LogP contribution in [-0.2, 0) is 10.0 Å². The summed E-state index contributed by atoms with van der Waals surface area (Å²) in [5, 5.41) is 0.298. The summed E-state index contributed by atoms with van der Waals surface area (Å²) in [6.07, 6.45) is 1.37. The summed E-state index contributed by atoms with van der Waals surface area (Å²) in [4.78, 5) is 3.83. The number of nitrogens with one attached hydrogen (secondary N) is 2. The predicted octanol–water partition coefficient (Wildman–Crippen LogP) is 2.58. The van der Waals surface area contributed by atoms with Gasteiger partial charge in [0.25, 0.3) is 10.0 Å². The van der Waals surface area contributed by atoms with Gasteiger partial charge in [-0.1, -0.05) is 11.6 Å². The lowest BCUT2D eigenvalue weighted by molar-refractivity contribution is 0.598. The van der Waals surface area contributed by atoms with Crippen LogP contribution in [0.3, 0.4) is 0 Å². The minimum absolute atomic E-state index is 0.190. The summed E-state index contributed by atoms with van der Waals surface area (Å²) in [6.45, 7) is 0. The Kier molecular flexibility index (Phi) is 4.48. The van der Waals surface area contributed by atoms with Crippen LogP contribution in [0.25, 0.3) is 0 Å². The van der Waals surface area contributed by atoms with Crippen molar-refractivity contribution in [2.75, 3.05) is 10.1 Å². The van der Waals surface area contributed by atoms with E-state index < -0.39 is 10.0 Å². The van der Waals surface area contributed by atoms with Gasteiger partial charge >= 0.3 is 0 Å². The van der Waals surface area contributed by atoms with Crippen molar-refractivity contribution in [1.29, 1.82) is 0 Å². The van der Waals surface area contributed by atoms with E-state index in [4.69, 9.17) is 17.4 Å². The maximum absolute atomic E-state index is 12.3. The number of hydrazine groups is 1. The van der Waals surface area contributed by atoms with Crippen molar-refractivity contribution >= 4 is 48.9 Å². The van der Waals surface area contributed by atoms with E-state index in [1.165, 1.54) is 12.3 Å². The second-order valence-corrected chi connectivity index (χ2v) is 6.62. The first-order valence-electron chi connectivity index (χ1n) is 5.33. The van der Waals surface area contributed by atoms with E-state index in [2.05, 4.69) is 31.1 Å². The molecule has 2 rings (SSSR count). The lowest BCUT2D eigenvalue weighted by Crippen LogP contribution is -2.19. The zero-order valence-corrected chi connectivity index (χ0v) is 13.1. The second-order valence-electron chi connectivity index (χ2n) is 3.73. The van der Waals surface area contributed by atoms with Crippen LogP contribution >= 0.6 is 27.5 Å². The molecule has 0 bridgehead atoms. The van der Waals surface area contributed by atoms with Gasteiger partial charge in [-0.2, -0.15) is 8.42 Å². The molecule has 0 amide bonds. The zero-order chi connectivity index (χ0) is 14.8. The number of sulfonamides is 1. The molecule has 6 nitrogen and oxygen atoms in total. The minimum atomic E-state index is -3.87. The normalized spacial score (nSPS) is 11.2. The number of benzene rings is 1. The molecule has 0 spiro atoms. The molecule has 0 atom stereocenters. The highest BCUT2D eigenvalue weighted by atomic mass is 79.9. The Morgan fingerprint density at radius 2 is 2.00 bits per heavy atom. The molecule has 20 heavy (non-hydrogen) atoms. The molecule has 0 aliphatic carbocycles. The summed E-state index contributed by atoms with van der Waals surface area (Å²) in [5.74, 6) is 5.28. The number of nitrogens with two attached hydrogens (primary N) is 1. The average Bonchev–Trinajstić information content (AvgIpc) is 2.42. The quantitative estimate of drug-likeness (QED) is 0.562. The number of nitrogens with zero attached hydrogens (tertiary/aromatic N) is 1. The van der Waals surface area contributed by atoms with Crippen LogP contribution in [0, 0.1) is 0 Å². The topological polar surface area (TPSA) is 97.1 Å². The smallest absolute Gasteiger partial charge is 0.281 e. The van der Waals surface area contributed by atoms with Crippen LogP contribution in [0.1, 0.15) is 0 Å². The van der Waals surface area contributed by atoms with Gasteiger partial charge in [0.1, 0.15) is 0 Å². The second kappa shape index (κ2) is 5.96. The Labute approximate surface area is 129 Å². The van der Waals surface area contributed by atoms with Gasteiger partial charge in [0.15, 0.2) is 0 Å². The number of nitrogen functional groups attached to an aromatic ring is 1. The van der Waals surface area contributed by atoms with E-state index in [0.29, 0.717) is 15.2 Å². The average molecular weight is 378 g/mol. The fourth-order valence-corrected chi connectivity index (χ4v) is 3.57. The standard InChI is InChI=1S/C11H10BrClN4O2S/c12-8-6-7(13)3-4-9(8)17-20(18,19)11-10(16-14)2-1-5-15-11/h1-6,16-17H,14H2. The van der Waals surface area contributed by atoms with Crippen LogP contribution in [0.5, 0.6) is 0 Å². The van der Waals surface area contributed by atoms with Gasteiger partial charge in [0.05, 0.1) is 11.4 Å². The molecule has 0 unspecified atom stereocenters. The van der Waals surface area contributed by atoms with Crippen molar-refractivity contribution in [3.63, 3.8) is 0 Å². The van der Waals surface area contributed by atoms with Crippen LogP contribution in [0.2, 0.25) is 5.02 Å². The predicted molar refractivity (Wildman–Crippen MR) is 82.0 cm³/mol. The molecule has 0 saturated carbocycles. The van der Waals surface area contributed by atoms with E-state index >= 15 is 0 Å². The van der Waals surface area contributed by atoms with Crippen LogP contribution < -0.4 is 16.0 Å². The van der Waals surface area contributed by atoms with Gasteiger partial charge in [-0.15, -0.1) is 0 Å². The van der Waals surface area contributed by atoms with Crippen LogP contribution in [0.15, 0.2) is 46.0 Å². The largest absolute Gasteiger partial charge is 0.321 e. The first kappa shape index (κ1) is 15.0. The molecular formula is C11H10BrClN4O2S. The van der Waals surface area contributed by atoms with Gasteiger partial charge in [0, 0.05) is 15.7 Å². The number of hydrogen-bond acceptors (Lipinski definition) is 5. The number of hydrogen-bond donors (Lipinski definition) is 3. The summed E-state index contributed by atoms with van der Waals surface area (Å²) >= 11 is 9.04. The zero-order valence-electron chi connectivity index (χ0n) is 9.97. The molecule has 0 aliphatic rings. The fraction of sp³-hybridized carbons (Fsp3) is 0. The van der Waals surface area contributed by atoms with Gasteiger partial charge in [0.2, 0.25) is 5.03 Å². The number of anilines is 2. The molecule has 1 aromatic carbocycles. The van der Waals surface area contributed by atoms with Gasteiger partial charge in [-0.25, -0.2) is 4.98 Å². The number of aromatic nitrogens is 1. The van der Waals surface area contributed by atoms with Gasteiger partial charge < -0.3 is 5.43 Å². The van der Waals surface area contributed by atoms with E-state index in [-0.39, 0.29) is 10.7 Å². The Bertz CT molecular complexity index is 739. The Morgan fingerprint density at radius 1 is 1.25 bits per heavy atom. The summed E-state index contributed by atoms with van der Waals surface area (Å²) in [7, 11) is -3.87. The third-order valence-electron chi connectivity index (χ3n) is 2.36. The van der Waals surface area contributed by atoms with Crippen molar-refractivity contribution in [2.45, 2.75) is 5.03 Å². The van der Waals surface area contributed by atoms with E-state index in [0.717, 1.165) is 0 Å². The molecule has 0 saturated heterocycles. The molecule has 0 radical (unpaired) electrons. The molecule has 1 aromatic heterocycles. The summed E-state index contributed by atoms with van der Waals surface area (Å²) < 4.78 is 27.5. The first-order valence-corrected chi connectivity index (χ1v) is 7.99. The van der Waals surface area contributed by atoms with Crippen molar-refractivity contribution in [3.8, 4) is 0 Å². The Balaban J connectivity index is 2.41. The lowest BCUT2D eigenvalue weighted by Gasteiger charge is -2.12. The number of rotatable bonds is 4. The van der Waals surface area contributed by atoms with Crippen LogP contribution in [-0.4, -0.2) is 13.4 Å². The van der Waals surface area contributed by atoms with E-state index in [1.807, 2.05) is 0 Å². The molecule has 4 N–H and O–H groups in total.